The summed E-state index contributed by atoms with van der Waals surface area (Å²) in [6, 6.07) is 0. The summed E-state index contributed by atoms with van der Waals surface area (Å²) in [7, 11) is 0. The van der Waals surface area contributed by atoms with Gasteiger partial charge in [-0.15, -0.1) is 0 Å². The van der Waals surface area contributed by atoms with E-state index in [1.807, 2.05) is 0 Å². The van der Waals surface area contributed by atoms with Gasteiger partial charge in [-0.3, -0.25) is 0 Å². The van der Waals surface area contributed by atoms with Crippen molar-refractivity contribution in [3.05, 3.63) is 0 Å². The second kappa shape index (κ2) is 3.60. The van der Waals surface area contributed by atoms with Crippen LogP contribution in [0.2, 0.25) is 0 Å². The highest BCUT2D eigenvalue weighted by molar-refractivity contribution is 9.09. The fraction of sp³-hybridized carbons (Fsp3) is 1.00. The highest BCUT2D eigenvalue weighted by Crippen LogP contribution is 2.31. The molecule has 0 radical (unpaired) electrons. The third-order valence-electron chi connectivity index (χ3n) is 2.34. The molecule has 2 atom stereocenters. The normalized spacial score (nSPS) is 36.7. The minimum Gasteiger partial charge on any atom is -0.0888 e. The first-order chi connectivity index (χ1) is 4.34. The largest absolute Gasteiger partial charge is 0.0888 e. The van der Waals surface area contributed by atoms with Gasteiger partial charge in [0.05, 0.1) is 0 Å². The number of hydrogen-bond donors (Lipinski definition) is 0. The number of rotatable bonds is 1. The molecule has 0 nitrogen and oxygen atoms in total. The Balaban J connectivity index is 2.30. The molecule has 0 heterocycles. The van der Waals surface area contributed by atoms with Crippen molar-refractivity contribution in [1.82, 2.24) is 0 Å². The summed E-state index contributed by atoms with van der Waals surface area (Å²) in [6.45, 7) is 2.30. The number of alkyl halides is 1. The van der Waals surface area contributed by atoms with E-state index in [9.17, 15) is 0 Å². The average Bonchev–Trinajstić information content (AvgIpc) is 1.89. The lowest BCUT2D eigenvalue weighted by atomic mass is 9.87. The molecular formula is C8H15Br. The first-order valence-electron chi connectivity index (χ1n) is 3.98. The molecule has 0 aromatic heterocycles. The Morgan fingerprint density at radius 2 is 2.00 bits per heavy atom. The van der Waals surface area contributed by atoms with Gasteiger partial charge in [0.2, 0.25) is 0 Å². The molecule has 1 rings (SSSR count). The minimum atomic E-state index is 0.830. The van der Waals surface area contributed by atoms with Gasteiger partial charge < -0.3 is 0 Å². The summed E-state index contributed by atoms with van der Waals surface area (Å²) in [5.74, 6) is 0.971. The molecular weight excluding hydrogens is 176 g/mol. The zero-order valence-corrected chi connectivity index (χ0v) is 7.65. The monoisotopic (exact) mass is 190 g/mol. The molecule has 0 spiro atoms. The van der Waals surface area contributed by atoms with Gasteiger partial charge in [0.15, 0.2) is 0 Å². The molecule has 0 N–H and O–H groups in total. The van der Waals surface area contributed by atoms with Crippen LogP contribution in [-0.2, 0) is 0 Å². The van der Waals surface area contributed by atoms with E-state index in [0.29, 0.717) is 0 Å². The van der Waals surface area contributed by atoms with Crippen molar-refractivity contribution in [2.75, 3.05) is 0 Å². The molecule has 0 aromatic rings. The molecule has 9 heavy (non-hydrogen) atoms. The molecule has 54 valence electrons. The van der Waals surface area contributed by atoms with Crippen molar-refractivity contribution < 1.29 is 0 Å². The second-order valence-corrected chi connectivity index (χ2v) is 4.14. The Hall–Kier alpha value is 0.480. The Morgan fingerprint density at radius 1 is 1.33 bits per heavy atom. The van der Waals surface area contributed by atoms with Crippen LogP contribution < -0.4 is 0 Å². The van der Waals surface area contributed by atoms with E-state index >= 15 is 0 Å². The lowest BCUT2D eigenvalue weighted by Crippen LogP contribution is -2.17. The van der Waals surface area contributed by atoms with Crippen molar-refractivity contribution >= 4 is 15.9 Å². The number of hydrogen-bond acceptors (Lipinski definition) is 0. The quantitative estimate of drug-likeness (QED) is 0.557. The molecule has 0 saturated heterocycles. The molecule has 1 aliphatic rings. The van der Waals surface area contributed by atoms with Gasteiger partial charge in [0.25, 0.3) is 0 Å². The fourth-order valence-electron chi connectivity index (χ4n) is 1.62. The van der Waals surface area contributed by atoms with Crippen LogP contribution in [0.15, 0.2) is 0 Å². The molecule has 0 aliphatic heterocycles. The van der Waals surface area contributed by atoms with Crippen LogP contribution in [0.3, 0.4) is 0 Å². The van der Waals surface area contributed by atoms with Gasteiger partial charge in [-0.1, -0.05) is 42.1 Å². The third kappa shape index (κ3) is 1.96. The van der Waals surface area contributed by atoms with Crippen LogP contribution in [0, 0.1) is 5.92 Å². The molecule has 0 bridgehead atoms. The van der Waals surface area contributed by atoms with Crippen molar-refractivity contribution in [3.8, 4) is 0 Å². The minimum absolute atomic E-state index is 0.830. The predicted octanol–water partition coefficient (Wildman–Crippen LogP) is 3.35. The van der Waals surface area contributed by atoms with E-state index in [1.165, 1.54) is 32.1 Å². The predicted molar refractivity (Wildman–Crippen MR) is 45.0 cm³/mol. The van der Waals surface area contributed by atoms with E-state index in [2.05, 4.69) is 22.9 Å². The summed E-state index contributed by atoms with van der Waals surface area (Å²) in [6.07, 6.45) is 7.11. The lowest BCUT2D eigenvalue weighted by Gasteiger charge is -2.25. The van der Waals surface area contributed by atoms with Gasteiger partial charge in [0, 0.05) is 4.83 Å². The third-order valence-corrected chi connectivity index (χ3v) is 3.55. The topological polar surface area (TPSA) is 0 Å². The van der Waals surface area contributed by atoms with Crippen LogP contribution >= 0.6 is 15.9 Å². The van der Waals surface area contributed by atoms with Crippen molar-refractivity contribution in [3.63, 3.8) is 0 Å². The summed E-state index contributed by atoms with van der Waals surface area (Å²) >= 11 is 3.71. The van der Waals surface area contributed by atoms with Crippen LogP contribution in [-0.4, -0.2) is 4.83 Å². The van der Waals surface area contributed by atoms with Crippen molar-refractivity contribution in [1.29, 1.82) is 0 Å². The summed E-state index contributed by atoms with van der Waals surface area (Å²) in [5.41, 5.74) is 0. The Labute approximate surface area is 66.2 Å². The zero-order chi connectivity index (χ0) is 6.69. The van der Waals surface area contributed by atoms with Gasteiger partial charge in [-0.05, 0) is 18.8 Å². The highest BCUT2D eigenvalue weighted by Gasteiger charge is 2.20. The molecule has 1 fully saturated rings. The maximum atomic E-state index is 3.71. The molecule has 0 aromatic carbocycles. The molecule has 1 heteroatoms. The molecule has 2 unspecified atom stereocenters. The Kier molecular flexibility index (Phi) is 3.03. The second-order valence-electron chi connectivity index (χ2n) is 2.97. The Morgan fingerprint density at radius 3 is 2.44 bits per heavy atom. The van der Waals surface area contributed by atoms with Gasteiger partial charge in [-0.2, -0.15) is 0 Å². The van der Waals surface area contributed by atoms with Crippen LogP contribution in [0.4, 0.5) is 0 Å². The molecule has 1 saturated carbocycles. The van der Waals surface area contributed by atoms with Gasteiger partial charge in [0.1, 0.15) is 0 Å². The maximum absolute atomic E-state index is 3.71. The lowest BCUT2D eigenvalue weighted by molar-refractivity contribution is 0.366. The van der Waals surface area contributed by atoms with E-state index in [-0.39, 0.29) is 0 Å². The van der Waals surface area contributed by atoms with Crippen molar-refractivity contribution in [2.24, 2.45) is 5.92 Å². The average molecular weight is 191 g/mol. The standard InChI is InChI=1S/C8H15Br/c1-2-7-5-3-4-6-8(7)9/h7-8H,2-6H2,1H3. The first-order valence-corrected chi connectivity index (χ1v) is 4.90. The van der Waals surface area contributed by atoms with Crippen LogP contribution in [0.25, 0.3) is 0 Å². The summed E-state index contributed by atoms with van der Waals surface area (Å²) in [5, 5.41) is 0. The van der Waals surface area contributed by atoms with Gasteiger partial charge in [-0.25, -0.2) is 0 Å². The summed E-state index contributed by atoms with van der Waals surface area (Å²) in [4.78, 5) is 0.830. The zero-order valence-electron chi connectivity index (χ0n) is 6.07. The first kappa shape index (κ1) is 7.59. The molecule has 1 aliphatic carbocycles. The summed E-state index contributed by atoms with van der Waals surface area (Å²) < 4.78 is 0. The molecule has 0 amide bonds. The van der Waals surface area contributed by atoms with Gasteiger partial charge >= 0.3 is 0 Å². The van der Waals surface area contributed by atoms with Crippen LogP contribution in [0.5, 0.6) is 0 Å². The van der Waals surface area contributed by atoms with E-state index in [1.54, 1.807) is 0 Å². The van der Waals surface area contributed by atoms with Crippen LogP contribution in [0.1, 0.15) is 39.0 Å². The SMILES string of the molecule is CCC1CCCCC1Br. The van der Waals surface area contributed by atoms with E-state index in [0.717, 1.165) is 10.7 Å². The fourth-order valence-corrected chi connectivity index (χ4v) is 2.58. The number of halogens is 1. The van der Waals surface area contributed by atoms with E-state index < -0.39 is 0 Å². The Bertz CT molecular complexity index is 80.6. The van der Waals surface area contributed by atoms with E-state index in [4.69, 9.17) is 0 Å². The maximum Gasteiger partial charge on any atom is 0.0174 e. The van der Waals surface area contributed by atoms with Crippen molar-refractivity contribution in [2.45, 2.75) is 43.9 Å². The highest BCUT2D eigenvalue weighted by atomic mass is 79.9. The smallest absolute Gasteiger partial charge is 0.0174 e.